The van der Waals surface area contributed by atoms with E-state index in [0.29, 0.717) is 30.5 Å². The molecule has 166 valence electrons. The first kappa shape index (κ1) is 22.3. The quantitative estimate of drug-likeness (QED) is 0.521. The van der Waals surface area contributed by atoms with Crippen LogP contribution in [0.2, 0.25) is 0 Å². The molecule has 1 saturated carbocycles. The summed E-state index contributed by atoms with van der Waals surface area (Å²) in [5.74, 6) is 1.23. The molecule has 1 aromatic rings. The molecule has 1 aromatic carbocycles. The van der Waals surface area contributed by atoms with Crippen LogP contribution in [0.25, 0.3) is 0 Å². The number of hydrogen-bond acceptors (Lipinski definition) is 3. The van der Waals surface area contributed by atoms with Crippen LogP contribution in [0, 0.1) is 5.92 Å². The smallest absolute Gasteiger partial charge is 0.387 e. The van der Waals surface area contributed by atoms with Crippen molar-refractivity contribution in [2.75, 3.05) is 19.6 Å². The average molecular weight is 423 g/mol. The average Bonchev–Trinajstić information content (AvgIpc) is 3.21. The number of alkyl halides is 2. The summed E-state index contributed by atoms with van der Waals surface area (Å²) in [5.41, 5.74) is 0.593. The van der Waals surface area contributed by atoms with Gasteiger partial charge in [-0.15, -0.1) is 0 Å². The minimum absolute atomic E-state index is 0.128. The van der Waals surface area contributed by atoms with Crippen LogP contribution in [0.1, 0.15) is 51.0 Å². The van der Waals surface area contributed by atoms with E-state index in [4.69, 9.17) is 0 Å². The first-order chi connectivity index (χ1) is 14.6. The van der Waals surface area contributed by atoms with E-state index in [0.717, 1.165) is 38.6 Å². The number of rotatable bonds is 7. The second-order valence-corrected chi connectivity index (χ2v) is 7.93. The molecular weight excluding hydrogens is 390 g/mol. The minimum Gasteiger partial charge on any atom is -0.434 e. The zero-order chi connectivity index (χ0) is 21.3. The number of nitrogens with zero attached hydrogens (tertiary/aromatic N) is 2. The predicted molar refractivity (Wildman–Crippen MR) is 113 cm³/mol. The third-order valence-electron chi connectivity index (χ3n) is 5.74. The van der Waals surface area contributed by atoms with Gasteiger partial charge in [0, 0.05) is 37.2 Å². The number of ether oxygens (including phenoxy) is 1. The molecule has 0 bridgehead atoms. The van der Waals surface area contributed by atoms with Gasteiger partial charge < -0.3 is 20.3 Å². The normalized spacial score (nSPS) is 20.5. The molecule has 1 saturated heterocycles. The highest BCUT2D eigenvalue weighted by molar-refractivity contribution is 5.81. The van der Waals surface area contributed by atoms with Crippen LogP contribution in [0.3, 0.4) is 0 Å². The van der Waals surface area contributed by atoms with Crippen molar-refractivity contribution < 1.29 is 18.3 Å². The van der Waals surface area contributed by atoms with Crippen LogP contribution in [-0.4, -0.2) is 49.1 Å². The molecule has 1 unspecified atom stereocenters. The molecule has 1 amide bonds. The van der Waals surface area contributed by atoms with Gasteiger partial charge in [-0.2, -0.15) is 8.78 Å². The molecule has 2 N–H and O–H groups in total. The Morgan fingerprint density at radius 3 is 2.73 bits per heavy atom. The molecule has 8 heteroatoms. The van der Waals surface area contributed by atoms with Gasteiger partial charge in [-0.05, 0) is 32.3 Å². The van der Waals surface area contributed by atoms with E-state index in [-0.39, 0.29) is 24.3 Å². The molecule has 0 spiro atoms. The number of para-hydroxylation sites is 1. The lowest BCUT2D eigenvalue weighted by molar-refractivity contribution is -0.135. The first-order valence-corrected chi connectivity index (χ1v) is 10.9. The summed E-state index contributed by atoms with van der Waals surface area (Å²) < 4.78 is 29.8. The van der Waals surface area contributed by atoms with Gasteiger partial charge in [0.2, 0.25) is 5.91 Å². The van der Waals surface area contributed by atoms with Gasteiger partial charge in [0.15, 0.2) is 5.96 Å². The fraction of sp³-hybridized carbons (Fsp3) is 0.636. The molecule has 1 atom stereocenters. The molecule has 0 aromatic heterocycles. The van der Waals surface area contributed by atoms with Gasteiger partial charge in [-0.25, -0.2) is 4.99 Å². The van der Waals surface area contributed by atoms with Crippen LogP contribution in [-0.2, 0) is 11.3 Å². The Balaban J connectivity index is 1.57. The van der Waals surface area contributed by atoms with Gasteiger partial charge in [0.1, 0.15) is 5.75 Å². The number of carbonyl (C=O) groups excluding carboxylic acids is 1. The van der Waals surface area contributed by atoms with Crippen molar-refractivity contribution in [2.24, 2.45) is 10.9 Å². The summed E-state index contributed by atoms with van der Waals surface area (Å²) in [6.07, 6.45) is 6.44. The molecule has 3 rings (SSSR count). The lowest BCUT2D eigenvalue weighted by atomic mass is 9.88. The fourth-order valence-electron chi connectivity index (χ4n) is 4.21. The highest BCUT2D eigenvalue weighted by atomic mass is 19.3. The molecule has 2 fully saturated rings. The predicted octanol–water partition coefficient (Wildman–Crippen LogP) is 3.52. The third kappa shape index (κ3) is 6.31. The van der Waals surface area contributed by atoms with E-state index in [9.17, 15) is 13.6 Å². The number of amides is 1. The van der Waals surface area contributed by atoms with Gasteiger partial charge in [0.25, 0.3) is 0 Å². The van der Waals surface area contributed by atoms with E-state index < -0.39 is 6.61 Å². The van der Waals surface area contributed by atoms with E-state index in [1.54, 1.807) is 18.2 Å². The monoisotopic (exact) mass is 422 g/mol. The zero-order valence-electron chi connectivity index (χ0n) is 17.6. The van der Waals surface area contributed by atoms with Crippen LogP contribution in [0.5, 0.6) is 5.75 Å². The number of guanidine groups is 1. The number of hydrogen-bond donors (Lipinski definition) is 2. The van der Waals surface area contributed by atoms with Gasteiger partial charge >= 0.3 is 6.61 Å². The number of halogens is 2. The summed E-state index contributed by atoms with van der Waals surface area (Å²) >= 11 is 0. The molecular formula is C22H32F2N4O2. The number of aliphatic imine (C=N–C) groups is 1. The van der Waals surface area contributed by atoms with E-state index in [1.165, 1.54) is 12.5 Å². The molecule has 30 heavy (non-hydrogen) atoms. The highest BCUT2D eigenvalue weighted by Gasteiger charge is 2.31. The highest BCUT2D eigenvalue weighted by Crippen LogP contribution is 2.27. The van der Waals surface area contributed by atoms with E-state index in [2.05, 4.69) is 20.4 Å². The molecule has 0 radical (unpaired) electrons. The molecule has 6 nitrogen and oxygen atoms in total. The Hall–Kier alpha value is -2.38. The Kier molecular flexibility index (Phi) is 8.28. The zero-order valence-corrected chi connectivity index (χ0v) is 17.6. The summed E-state index contributed by atoms with van der Waals surface area (Å²) in [5, 5.41) is 6.59. The van der Waals surface area contributed by atoms with Crippen LogP contribution >= 0.6 is 0 Å². The molecule has 2 aliphatic rings. The van der Waals surface area contributed by atoms with Gasteiger partial charge in [-0.1, -0.05) is 37.5 Å². The number of likely N-dealkylation sites (tertiary alicyclic amines) is 1. The van der Waals surface area contributed by atoms with E-state index >= 15 is 0 Å². The van der Waals surface area contributed by atoms with Crippen molar-refractivity contribution in [1.82, 2.24) is 15.5 Å². The maximum Gasteiger partial charge on any atom is 0.387 e. The second-order valence-electron chi connectivity index (χ2n) is 7.93. The van der Waals surface area contributed by atoms with Gasteiger partial charge in [0.05, 0.1) is 6.54 Å². The minimum atomic E-state index is -2.87. The van der Waals surface area contributed by atoms with Crippen molar-refractivity contribution >= 4 is 11.9 Å². The molecule has 1 aliphatic heterocycles. The van der Waals surface area contributed by atoms with Crippen molar-refractivity contribution in [3.05, 3.63) is 29.8 Å². The molecule has 1 aliphatic carbocycles. The second kappa shape index (κ2) is 11.1. The van der Waals surface area contributed by atoms with E-state index in [1.807, 2.05) is 11.8 Å². The maximum atomic E-state index is 12.8. The number of benzene rings is 1. The maximum absolute atomic E-state index is 12.8. The molecule has 1 heterocycles. The Labute approximate surface area is 177 Å². The van der Waals surface area contributed by atoms with Crippen LogP contribution in [0.15, 0.2) is 29.3 Å². The van der Waals surface area contributed by atoms with Crippen molar-refractivity contribution in [3.63, 3.8) is 0 Å². The standard InChI is InChI=1S/C22H32F2N4O2/c1-2-25-22(26-14-17-10-6-7-11-19(17)30-21(23)24)27-18-12-13-28(15-18)20(29)16-8-4-3-5-9-16/h6-7,10-11,16,18,21H,2-5,8-9,12-15H2,1H3,(H2,25,26,27). The van der Waals surface area contributed by atoms with Gasteiger partial charge in [-0.3, -0.25) is 4.79 Å². The summed E-state index contributed by atoms with van der Waals surface area (Å²) in [7, 11) is 0. The Bertz CT molecular complexity index is 723. The topological polar surface area (TPSA) is 66.0 Å². The summed E-state index contributed by atoms with van der Waals surface area (Å²) in [4.78, 5) is 19.3. The first-order valence-electron chi connectivity index (χ1n) is 10.9. The lowest BCUT2D eigenvalue weighted by Crippen LogP contribution is -2.45. The van der Waals surface area contributed by atoms with Crippen LogP contribution in [0.4, 0.5) is 8.78 Å². The fourth-order valence-corrected chi connectivity index (χ4v) is 4.21. The Morgan fingerprint density at radius 2 is 2.00 bits per heavy atom. The SMILES string of the molecule is CCNC(=NCc1ccccc1OC(F)F)NC1CCN(C(=O)C2CCCCC2)C1. The third-order valence-corrected chi connectivity index (χ3v) is 5.74. The van der Waals surface area contributed by atoms with Crippen molar-refractivity contribution in [1.29, 1.82) is 0 Å². The Morgan fingerprint density at radius 1 is 1.23 bits per heavy atom. The van der Waals surface area contributed by atoms with Crippen LogP contribution < -0.4 is 15.4 Å². The summed E-state index contributed by atoms with van der Waals surface area (Å²) in [6, 6.07) is 6.80. The largest absolute Gasteiger partial charge is 0.434 e. The van der Waals surface area contributed by atoms with Crippen molar-refractivity contribution in [3.8, 4) is 5.75 Å². The number of carbonyl (C=O) groups is 1. The number of nitrogens with one attached hydrogen (secondary N) is 2. The van der Waals surface area contributed by atoms with Crippen molar-refractivity contribution in [2.45, 2.75) is 64.6 Å². The lowest BCUT2D eigenvalue weighted by Gasteiger charge is -2.26. The summed E-state index contributed by atoms with van der Waals surface area (Å²) in [6.45, 7) is 1.43.